The van der Waals surface area contributed by atoms with Gasteiger partial charge in [0.2, 0.25) is 5.91 Å². The van der Waals surface area contributed by atoms with Crippen molar-refractivity contribution in [3.05, 3.63) is 40.3 Å². The molecule has 0 unspecified atom stereocenters. The number of thioether (sulfide) groups is 1. The quantitative estimate of drug-likeness (QED) is 0.832. The minimum absolute atomic E-state index is 0.0493. The van der Waals surface area contributed by atoms with Crippen LogP contribution in [0.4, 0.5) is 18.9 Å². The van der Waals surface area contributed by atoms with Gasteiger partial charge in [-0.15, -0.1) is 0 Å². The molecule has 0 saturated heterocycles. The largest absolute Gasteiger partial charge is 0.416 e. The van der Waals surface area contributed by atoms with Crippen LogP contribution in [0.1, 0.15) is 12.5 Å². The van der Waals surface area contributed by atoms with Crippen molar-refractivity contribution in [2.24, 2.45) is 7.05 Å². The van der Waals surface area contributed by atoms with Crippen molar-refractivity contribution < 1.29 is 18.0 Å². The fourth-order valence-corrected chi connectivity index (χ4v) is 2.53. The number of hydrogen-bond donors (Lipinski definition) is 2. The third kappa shape index (κ3) is 4.38. The minimum atomic E-state index is -4.48. The maximum absolute atomic E-state index is 12.6. The number of alkyl halides is 3. The van der Waals surface area contributed by atoms with E-state index in [0.29, 0.717) is 5.16 Å². The van der Waals surface area contributed by atoms with Crippen LogP contribution >= 0.6 is 11.8 Å². The lowest BCUT2D eigenvalue weighted by molar-refractivity contribution is -0.137. The lowest BCUT2D eigenvalue weighted by atomic mass is 10.2. The van der Waals surface area contributed by atoms with E-state index in [0.717, 1.165) is 23.9 Å². The molecule has 0 bridgehead atoms. The first-order chi connectivity index (χ1) is 10.7. The molecule has 23 heavy (non-hydrogen) atoms. The number of nitrogens with zero attached hydrogens (tertiary/aromatic N) is 2. The van der Waals surface area contributed by atoms with E-state index < -0.39 is 28.6 Å². The molecule has 0 aliphatic heterocycles. The highest BCUT2D eigenvalue weighted by Gasteiger charge is 2.30. The van der Waals surface area contributed by atoms with Crippen LogP contribution in [0.3, 0.4) is 0 Å². The van der Waals surface area contributed by atoms with Gasteiger partial charge < -0.3 is 5.32 Å². The number of anilines is 1. The van der Waals surface area contributed by atoms with Gasteiger partial charge in [-0.3, -0.25) is 9.48 Å². The Bertz CT molecular complexity index is 769. The molecule has 6 nitrogen and oxygen atoms in total. The van der Waals surface area contributed by atoms with Crippen LogP contribution in [0.5, 0.6) is 0 Å². The third-order valence-corrected chi connectivity index (χ3v) is 4.00. The molecule has 1 heterocycles. The topological polar surface area (TPSA) is 79.8 Å². The summed E-state index contributed by atoms with van der Waals surface area (Å²) in [6.45, 7) is 1.56. The summed E-state index contributed by atoms with van der Waals surface area (Å²) in [6.07, 6.45) is -4.48. The Labute approximate surface area is 133 Å². The normalized spacial score (nSPS) is 12.9. The van der Waals surface area contributed by atoms with Gasteiger partial charge in [-0.2, -0.15) is 18.2 Å². The van der Waals surface area contributed by atoms with Crippen LogP contribution in [0.2, 0.25) is 0 Å². The summed E-state index contributed by atoms with van der Waals surface area (Å²) >= 11 is 1.01. The van der Waals surface area contributed by atoms with Crippen molar-refractivity contribution in [2.45, 2.75) is 23.5 Å². The second-order valence-corrected chi connectivity index (χ2v) is 6.01. The number of rotatable bonds is 4. The first-order valence-electron chi connectivity index (χ1n) is 6.44. The number of aromatic nitrogens is 3. The number of amides is 1. The molecule has 1 aromatic heterocycles. The monoisotopic (exact) mass is 346 g/mol. The minimum Gasteiger partial charge on any atom is -0.325 e. The lowest BCUT2D eigenvalue weighted by Crippen LogP contribution is -2.23. The van der Waals surface area contributed by atoms with Crippen molar-refractivity contribution in [2.75, 3.05) is 5.32 Å². The zero-order valence-corrected chi connectivity index (χ0v) is 13.0. The molecular weight excluding hydrogens is 333 g/mol. The van der Waals surface area contributed by atoms with E-state index in [4.69, 9.17) is 0 Å². The summed E-state index contributed by atoms with van der Waals surface area (Å²) in [5.41, 5.74) is -1.33. The predicted molar refractivity (Wildman–Crippen MR) is 79.2 cm³/mol. The first kappa shape index (κ1) is 17.1. The molecule has 124 valence electrons. The van der Waals surface area contributed by atoms with Gasteiger partial charge >= 0.3 is 11.9 Å². The van der Waals surface area contributed by atoms with Crippen LogP contribution in [-0.2, 0) is 18.0 Å². The molecule has 1 aromatic carbocycles. The fraction of sp³-hybridized carbons (Fsp3) is 0.308. The van der Waals surface area contributed by atoms with Crippen LogP contribution < -0.4 is 11.0 Å². The Morgan fingerprint density at radius 2 is 2.13 bits per heavy atom. The fourth-order valence-electron chi connectivity index (χ4n) is 1.71. The summed E-state index contributed by atoms with van der Waals surface area (Å²) in [7, 11) is 1.56. The zero-order chi connectivity index (χ0) is 17.2. The molecule has 0 aliphatic rings. The highest BCUT2D eigenvalue weighted by molar-refractivity contribution is 8.00. The van der Waals surface area contributed by atoms with Gasteiger partial charge in [0.15, 0.2) is 5.16 Å². The molecule has 0 spiro atoms. The number of benzene rings is 1. The van der Waals surface area contributed by atoms with Gasteiger partial charge in [-0.05, 0) is 25.1 Å². The summed E-state index contributed by atoms with van der Waals surface area (Å²) in [5, 5.41) is 4.47. The van der Waals surface area contributed by atoms with Crippen LogP contribution in [0.15, 0.2) is 34.2 Å². The number of nitrogens with one attached hydrogen (secondary N) is 2. The summed E-state index contributed by atoms with van der Waals surface area (Å²) < 4.78 is 39.3. The van der Waals surface area contributed by atoms with Crippen molar-refractivity contribution in [3.63, 3.8) is 0 Å². The number of H-pyrrole nitrogens is 1. The number of carbonyl (C=O) groups is 1. The van der Waals surface area contributed by atoms with E-state index in [1.165, 1.54) is 16.8 Å². The van der Waals surface area contributed by atoms with Gasteiger partial charge in [0.25, 0.3) is 0 Å². The van der Waals surface area contributed by atoms with Gasteiger partial charge in [-0.25, -0.2) is 9.89 Å². The molecule has 0 radical (unpaired) electrons. The van der Waals surface area contributed by atoms with Gasteiger partial charge in [-0.1, -0.05) is 17.8 Å². The molecule has 10 heteroatoms. The standard InChI is InChI=1S/C13H13F3N4O2S/c1-7(23-12-18-11(22)19-20(12)2)10(21)17-9-5-3-4-8(6-9)13(14,15)16/h3-7H,1-2H3,(H,17,21)(H,19,22)/t7-/m1/s1. The molecule has 1 amide bonds. The average molecular weight is 346 g/mol. The van der Waals surface area contributed by atoms with E-state index in [2.05, 4.69) is 15.4 Å². The van der Waals surface area contributed by atoms with E-state index in [-0.39, 0.29) is 5.69 Å². The molecular formula is C13H13F3N4O2S. The molecule has 0 saturated carbocycles. The number of carbonyl (C=O) groups excluding carboxylic acids is 1. The van der Waals surface area contributed by atoms with Crippen molar-refractivity contribution in [1.82, 2.24) is 14.8 Å². The Kier molecular flexibility index (Phi) is 4.83. The van der Waals surface area contributed by atoms with Crippen LogP contribution in [-0.4, -0.2) is 25.9 Å². The lowest BCUT2D eigenvalue weighted by Gasteiger charge is -2.13. The van der Waals surface area contributed by atoms with E-state index in [1.54, 1.807) is 14.0 Å². The molecule has 0 aliphatic carbocycles. The average Bonchev–Trinajstić information content (AvgIpc) is 2.76. The highest BCUT2D eigenvalue weighted by atomic mass is 32.2. The molecule has 2 aromatic rings. The van der Waals surface area contributed by atoms with Gasteiger partial charge in [0.1, 0.15) is 0 Å². The van der Waals surface area contributed by atoms with Gasteiger partial charge in [0.05, 0.1) is 10.8 Å². The van der Waals surface area contributed by atoms with Gasteiger partial charge in [0, 0.05) is 12.7 Å². The molecule has 2 N–H and O–H groups in total. The second kappa shape index (κ2) is 6.49. The molecule has 1 atom stereocenters. The number of aromatic amines is 1. The van der Waals surface area contributed by atoms with E-state index in [9.17, 15) is 22.8 Å². The highest BCUT2D eigenvalue weighted by Crippen LogP contribution is 2.31. The molecule has 0 fully saturated rings. The summed E-state index contributed by atoms with van der Waals surface area (Å²) in [6, 6.07) is 4.37. The summed E-state index contributed by atoms with van der Waals surface area (Å²) in [4.78, 5) is 26.8. The Morgan fingerprint density at radius 3 is 2.70 bits per heavy atom. The second-order valence-electron chi connectivity index (χ2n) is 4.70. The third-order valence-electron chi connectivity index (χ3n) is 2.86. The van der Waals surface area contributed by atoms with E-state index >= 15 is 0 Å². The Morgan fingerprint density at radius 1 is 1.43 bits per heavy atom. The smallest absolute Gasteiger partial charge is 0.325 e. The number of halogens is 3. The number of hydrogen-bond acceptors (Lipinski definition) is 4. The maximum Gasteiger partial charge on any atom is 0.416 e. The van der Waals surface area contributed by atoms with Crippen LogP contribution in [0.25, 0.3) is 0 Å². The van der Waals surface area contributed by atoms with Crippen LogP contribution in [0, 0.1) is 0 Å². The Balaban J connectivity index is 2.07. The van der Waals surface area contributed by atoms with Crippen molar-refractivity contribution in [3.8, 4) is 0 Å². The van der Waals surface area contributed by atoms with E-state index in [1.807, 2.05) is 0 Å². The number of aryl methyl sites for hydroxylation is 1. The first-order valence-corrected chi connectivity index (χ1v) is 7.32. The van der Waals surface area contributed by atoms with Crippen molar-refractivity contribution in [1.29, 1.82) is 0 Å². The summed E-state index contributed by atoms with van der Waals surface area (Å²) in [5.74, 6) is -0.496. The van der Waals surface area contributed by atoms with Crippen molar-refractivity contribution >= 4 is 23.4 Å². The maximum atomic E-state index is 12.6. The zero-order valence-electron chi connectivity index (χ0n) is 12.1. The predicted octanol–water partition coefficient (Wildman–Crippen LogP) is 2.25. The molecule has 2 rings (SSSR count). The SMILES string of the molecule is C[C@@H](Sc1nc(=O)[nH]n1C)C(=O)Nc1cccc(C(F)(F)F)c1. The Hall–Kier alpha value is -2.23.